The molecule has 31 heavy (non-hydrogen) atoms. The highest BCUT2D eigenvalue weighted by Crippen LogP contribution is 2.47. The lowest BCUT2D eigenvalue weighted by molar-refractivity contribution is -0.155. The summed E-state index contributed by atoms with van der Waals surface area (Å²) in [5, 5.41) is 20.4. The maximum Gasteiger partial charge on any atom is 0.306 e. The molecule has 0 bridgehead atoms. The number of aliphatic carboxylic acids is 1. The number of aromatic amines is 1. The predicted molar refractivity (Wildman–Crippen MR) is 117 cm³/mol. The Kier molecular flexibility index (Phi) is 6.93. The van der Waals surface area contributed by atoms with Crippen LogP contribution in [-0.2, 0) is 26.3 Å². The van der Waals surface area contributed by atoms with E-state index < -0.39 is 11.6 Å². The van der Waals surface area contributed by atoms with E-state index >= 15 is 0 Å². The Hall–Kier alpha value is -2.56. The van der Waals surface area contributed by atoms with Crippen molar-refractivity contribution in [2.45, 2.75) is 65.6 Å². The second-order valence-electron chi connectivity index (χ2n) is 8.52. The van der Waals surface area contributed by atoms with E-state index in [1.165, 1.54) is 0 Å². The summed E-state index contributed by atoms with van der Waals surface area (Å²) in [4.78, 5) is 15.2. The highest BCUT2D eigenvalue weighted by atomic mass is 16.5. The molecular weight excluding hydrogens is 396 g/mol. The van der Waals surface area contributed by atoms with Gasteiger partial charge in [-0.25, -0.2) is 0 Å². The molecule has 0 radical (unpaired) electrons. The van der Waals surface area contributed by atoms with E-state index in [0.717, 1.165) is 34.1 Å². The summed E-state index contributed by atoms with van der Waals surface area (Å²) in [6.45, 7) is 11.2. The van der Waals surface area contributed by atoms with Gasteiger partial charge in [0.1, 0.15) is 18.0 Å². The third kappa shape index (κ3) is 4.28. The largest absolute Gasteiger partial charge is 0.491 e. The van der Waals surface area contributed by atoms with Crippen molar-refractivity contribution in [1.29, 1.82) is 5.26 Å². The standard InChI is InChI=1S/C24H32N2O5/c1-6-15(4)24(12-20(27)28)23-18(7-8-31-24)21-17(13-25)11-19(16(5)22(21)26-23)30-10-9-29-14(2)3/h11,14-15,26H,6-10,12H2,1-5H3,(H,27,28). The molecule has 168 valence electrons. The van der Waals surface area contributed by atoms with Crippen LogP contribution in [0.2, 0.25) is 0 Å². The number of hydrogen-bond donors (Lipinski definition) is 2. The summed E-state index contributed by atoms with van der Waals surface area (Å²) in [6.07, 6.45) is 1.40. The molecule has 1 aromatic heterocycles. The second-order valence-corrected chi connectivity index (χ2v) is 8.52. The molecule has 7 nitrogen and oxygen atoms in total. The summed E-state index contributed by atoms with van der Waals surface area (Å²) in [5.41, 5.74) is 3.04. The summed E-state index contributed by atoms with van der Waals surface area (Å²) >= 11 is 0. The van der Waals surface area contributed by atoms with Crippen LogP contribution in [0.5, 0.6) is 5.75 Å². The van der Waals surface area contributed by atoms with Gasteiger partial charge in [0, 0.05) is 10.9 Å². The van der Waals surface area contributed by atoms with Crippen molar-refractivity contribution >= 4 is 16.9 Å². The molecule has 2 N–H and O–H groups in total. The smallest absolute Gasteiger partial charge is 0.306 e. The summed E-state index contributed by atoms with van der Waals surface area (Å²) in [7, 11) is 0. The number of aromatic nitrogens is 1. The van der Waals surface area contributed by atoms with Gasteiger partial charge in [0.05, 0.1) is 48.6 Å². The predicted octanol–water partition coefficient (Wildman–Crippen LogP) is 4.44. The zero-order chi connectivity index (χ0) is 22.8. The fourth-order valence-corrected chi connectivity index (χ4v) is 4.50. The number of benzene rings is 1. The molecule has 2 heterocycles. The molecule has 2 unspecified atom stereocenters. The number of H-pyrrole nitrogens is 1. The van der Waals surface area contributed by atoms with Crippen LogP contribution in [0.15, 0.2) is 6.07 Å². The van der Waals surface area contributed by atoms with Gasteiger partial charge in [0.2, 0.25) is 0 Å². The number of carboxylic acid groups (broad SMARTS) is 1. The summed E-state index contributed by atoms with van der Waals surface area (Å²) < 4.78 is 17.7. The molecule has 1 aliphatic heterocycles. The highest BCUT2D eigenvalue weighted by molar-refractivity contribution is 5.94. The second kappa shape index (κ2) is 9.29. The van der Waals surface area contributed by atoms with E-state index in [1.807, 2.05) is 34.6 Å². The monoisotopic (exact) mass is 428 g/mol. The van der Waals surface area contributed by atoms with Crippen LogP contribution < -0.4 is 4.74 Å². The van der Waals surface area contributed by atoms with E-state index in [9.17, 15) is 15.2 Å². The average molecular weight is 429 g/mol. The minimum absolute atomic E-state index is 0.00884. The average Bonchev–Trinajstić information content (AvgIpc) is 3.13. The fraction of sp³-hybridized carbons (Fsp3) is 0.583. The molecule has 2 aromatic rings. The number of ether oxygens (including phenoxy) is 3. The van der Waals surface area contributed by atoms with Crippen LogP contribution >= 0.6 is 0 Å². The first-order chi connectivity index (χ1) is 14.7. The van der Waals surface area contributed by atoms with Crippen LogP contribution in [0.3, 0.4) is 0 Å². The molecular formula is C24H32N2O5. The summed E-state index contributed by atoms with van der Waals surface area (Å²) in [5.74, 6) is -0.285. The van der Waals surface area contributed by atoms with Crippen LogP contribution in [0.4, 0.5) is 0 Å². The quantitative estimate of drug-likeness (QED) is 0.572. The number of aryl methyl sites for hydroxylation is 1. The van der Waals surface area contributed by atoms with E-state index in [4.69, 9.17) is 14.2 Å². The Morgan fingerprint density at radius 2 is 2.13 bits per heavy atom. The normalized spacial score (nSPS) is 19.3. The van der Waals surface area contributed by atoms with Crippen molar-refractivity contribution in [3.8, 4) is 11.8 Å². The molecule has 2 atom stereocenters. The highest BCUT2D eigenvalue weighted by Gasteiger charge is 2.46. The Balaban J connectivity index is 2.13. The molecule has 3 rings (SSSR count). The van der Waals surface area contributed by atoms with Gasteiger partial charge in [0.15, 0.2) is 0 Å². The number of fused-ring (bicyclic) bond motifs is 3. The van der Waals surface area contributed by atoms with Gasteiger partial charge in [-0.1, -0.05) is 20.3 Å². The van der Waals surface area contributed by atoms with Crippen LogP contribution in [0.25, 0.3) is 10.9 Å². The van der Waals surface area contributed by atoms with Gasteiger partial charge in [0.25, 0.3) is 0 Å². The zero-order valence-corrected chi connectivity index (χ0v) is 19.0. The Labute approximate surface area is 183 Å². The number of hydrogen-bond acceptors (Lipinski definition) is 5. The number of carbonyl (C=O) groups is 1. The zero-order valence-electron chi connectivity index (χ0n) is 19.0. The van der Waals surface area contributed by atoms with Crippen molar-refractivity contribution < 1.29 is 24.1 Å². The molecule has 1 aliphatic rings. The lowest BCUT2D eigenvalue weighted by atomic mass is 9.77. The number of nitrogens with one attached hydrogen (secondary N) is 1. The molecule has 7 heteroatoms. The molecule has 0 saturated carbocycles. The third-order valence-electron chi connectivity index (χ3n) is 6.26. The molecule has 0 amide bonds. The van der Waals surface area contributed by atoms with Gasteiger partial charge in [-0.05, 0) is 44.7 Å². The van der Waals surface area contributed by atoms with Gasteiger partial charge in [-0.3, -0.25) is 4.79 Å². The minimum Gasteiger partial charge on any atom is -0.491 e. The third-order valence-corrected chi connectivity index (χ3v) is 6.26. The molecule has 0 fully saturated rings. The number of rotatable bonds is 9. The van der Waals surface area contributed by atoms with Crippen molar-refractivity contribution in [2.75, 3.05) is 19.8 Å². The van der Waals surface area contributed by atoms with Crippen LogP contribution in [0, 0.1) is 24.2 Å². The Morgan fingerprint density at radius 3 is 2.74 bits per heavy atom. The maximum absolute atomic E-state index is 11.8. The topological polar surface area (TPSA) is 105 Å². The number of nitriles is 1. The first-order valence-corrected chi connectivity index (χ1v) is 10.9. The Bertz CT molecular complexity index is 1000. The minimum atomic E-state index is -0.946. The van der Waals surface area contributed by atoms with Crippen LogP contribution in [-0.4, -0.2) is 42.0 Å². The van der Waals surface area contributed by atoms with E-state index in [-0.39, 0.29) is 18.4 Å². The maximum atomic E-state index is 11.8. The SMILES string of the molecule is CCC(C)C1(CC(=O)O)OCCc2c1[nH]c1c(C)c(OCCOC(C)C)cc(C#N)c21. The van der Waals surface area contributed by atoms with E-state index in [2.05, 4.69) is 11.1 Å². The van der Waals surface area contributed by atoms with Gasteiger partial charge in [-0.2, -0.15) is 5.26 Å². The van der Waals surface area contributed by atoms with Gasteiger partial charge >= 0.3 is 5.97 Å². The molecule has 1 aromatic carbocycles. The lowest BCUT2D eigenvalue weighted by Gasteiger charge is -2.40. The van der Waals surface area contributed by atoms with Crippen molar-refractivity contribution in [3.63, 3.8) is 0 Å². The first kappa shape index (κ1) is 23.1. The fourth-order valence-electron chi connectivity index (χ4n) is 4.50. The molecule has 0 spiro atoms. The summed E-state index contributed by atoms with van der Waals surface area (Å²) in [6, 6.07) is 4.08. The molecule has 0 aliphatic carbocycles. The molecule has 0 saturated heterocycles. The van der Waals surface area contributed by atoms with E-state index in [1.54, 1.807) is 6.07 Å². The van der Waals surface area contributed by atoms with Crippen molar-refractivity contribution in [1.82, 2.24) is 4.98 Å². The number of carboxylic acids is 1. The Morgan fingerprint density at radius 1 is 1.39 bits per heavy atom. The van der Waals surface area contributed by atoms with E-state index in [0.29, 0.717) is 37.6 Å². The number of nitrogens with zero attached hydrogens (tertiary/aromatic N) is 1. The van der Waals surface area contributed by atoms with Crippen molar-refractivity contribution in [3.05, 3.63) is 28.5 Å². The van der Waals surface area contributed by atoms with Crippen LogP contribution in [0.1, 0.15) is 62.9 Å². The van der Waals surface area contributed by atoms with Gasteiger partial charge < -0.3 is 24.3 Å². The van der Waals surface area contributed by atoms with Crippen molar-refractivity contribution in [2.24, 2.45) is 5.92 Å². The van der Waals surface area contributed by atoms with Gasteiger partial charge in [-0.15, -0.1) is 0 Å². The first-order valence-electron chi connectivity index (χ1n) is 10.9. The lowest BCUT2D eigenvalue weighted by Crippen LogP contribution is -2.43.